The molecule has 2 N–H and O–H groups in total. The lowest BCUT2D eigenvalue weighted by molar-refractivity contribution is 0.305. The van der Waals surface area contributed by atoms with E-state index in [4.69, 9.17) is 10.5 Å². The maximum Gasteiger partial charge on any atom is 0.140 e. The van der Waals surface area contributed by atoms with E-state index in [0.29, 0.717) is 6.61 Å². The first-order chi connectivity index (χ1) is 8.33. The van der Waals surface area contributed by atoms with Crippen molar-refractivity contribution in [1.29, 1.82) is 0 Å². The molecule has 1 aliphatic carbocycles. The van der Waals surface area contributed by atoms with E-state index in [1.54, 1.807) is 17.5 Å². The van der Waals surface area contributed by atoms with Crippen LogP contribution in [0.2, 0.25) is 0 Å². The first kappa shape index (κ1) is 10.7. The quantitative estimate of drug-likeness (QED) is 0.905. The molecule has 1 heterocycles. The number of nitrogens with two attached hydrogens (primary N) is 1. The second kappa shape index (κ2) is 4.47. The van der Waals surface area contributed by atoms with Gasteiger partial charge in [0.2, 0.25) is 0 Å². The third-order valence-corrected chi connectivity index (χ3v) is 3.84. The molecule has 1 aromatic carbocycles. The maximum atomic E-state index is 6.00. The minimum absolute atomic E-state index is 0.206. The van der Waals surface area contributed by atoms with E-state index in [9.17, 15) is 0 Å². The van der Waals surface area contributed by atoms with Gasteiger partial charge < -0.3 is 10.5 Å². The van der Waals surface area contributed by atoms with Crippen molar-refractivity contribution in [3.63, 3.8) is 0 Å². The summed E-state index contributed by atoms with van der Waals surface area (Å²) in [5.41, 5.74) is 8.60. The largest absolute Gasteiger partial charge is 0.486 e. The Hall–Kier alpha value is -1.39. The average Bonchev–Trinajstić information content (AvgIpc) is 2.97. The van der Waals surface area contributed by atoms with Crippen molar-refractivity contribution in [2.24, 2.45) is 5.73 Å². The van der Waals surface area contributed by atoms with Crippen LogP contribution >= 0.6 is 11.3 Å². The van der Waals surface area contributed by atoms with Gasteiger partial charge in [0.05, 0.1) is 0 Å². The van der Waals surface area contributed by atoms with Crippen LogP contribution in [-0.4, -0.2) is 4.98 Å². The van der Waals surface area contributed by atoms with Crippen molar-refractivity contribution >= 4 is 11.3 Å². The second-order valence-electron chi connectivity index (χ2n) is 4.22. The number of fused-ring (bicyclic) bond motifs is 1. The van der Waals surface area contributed by atoms with E-state index in [1.165, 1.54) is 11.1 Å². The Morgan fingerprint density at radius 1 is 1.47 bits per heavy atom. The Morgan fingerprint density at radius 3 is 3.24 bits per heavy atom. The molecule has 88 valence electrons. The van der Waals surface area contributed by atoms with Crippen molar-refractivity contribution in [1.82, 2.24) is 4.98 Å². The molecule has 17 heavy (non-hydrogen) atoms. The average molecular weight is 246 g/mol. The van der Waals surface area contributed by atoms with Gasteiger partial charge in [0.15, 0.2) is 0 Å². The van der Waals surface area contributed by atoms with E-state index in [1.807, 2.05) is 11.4 Å². The predicted molar refractivity (Wildman–Crippen MR) is 68.1 cm³/mol. The fourth-order valence-electron chi connectivity index (χ4n) is 2.19. The summed E-state index contributed by atoms with van der Waals surface area (Å²) in [7, 11) is 0. The van der Waals surface area contributed by atoms with E-state index < -0.39 is 0 Å². The molecular weight excluding hydrogens is 232 g/mol. The molecule has 0 spiro atoms. The first-order valence-electron chi connectivity index (χ1n) is 5.72. The van der Waals surface area contributed by atoms with Gasteiger partial charge in [-0.05, 0) is 36.1 Å². The molecular formula is C13H14N2OS. The zero-order valence-corrected chi connectivity index (χ0v) is 10.2. The lowest BCUT2D eigenvalue weighted by Crippen LogP contribution is -2.05. The van der Waals surface area contributed by atoms with Gasteiger partial charge in [-0.1, -0.05) is 6.07 Å². The van der Waals surface area contributed by atoms with E-state index >= 15 is 0 Å². The topological polar surface area (TPSA) is 48.1 Å². The summed E-state index contributed by atoms with van der Waals surface area (Å²) in [4.78, 5) is 4.19. The highest BCUT2D eigenvalue weighted by Crippen LogP contribution is 2.32. The van der Waals surface area contributed by atoms with Crippen molar-refractivity contribution < 1.29 is 4.74 Å². The third kappa shape index (κ3) is 2.18. The van der Waals surface area contributed by atoms with E-state index in [2.05, 4.69) is 17.1 Å². The molecule has 4 heteroatoms. The van der Waals surface area contributed by atoms with Gasteiger partial charge in [0.1, 0.15) is 17.4 Å². The molecule has 0 radical (unpaired) electrons. The van der Waals surface area contributed by atoms with Crippen molar-refractivity contribution in [2.45, 2.75) is 25.5 Å². The molecule has 0 bridgehead atoms. The van der Waals surface area contributed by atoms with Gasteiger partial charge in [-0.15, -0.1) is 11.3 Å². The fourth-order valence-corrected chi connectivity index (χ4v) is 2.71. The van der Waals surface area contributed by atoms with Crippen LogP contribution in [0.5, 0.6) is 5.75 Å². The molecule has 0 saturated heterocycles. The number of benzene rings is 1. The Balaban J connectivity index is 1.72. The number of ether oxygens (including phenoxy) is 1. The van der Waals surface area contributed by atoms with E-state index in [-0.39, 0.29) is 6.04 Å². The van der Waals surface area contributed by atoms with Gasteiger partial charge in [-0.2, -0.15) is 0 Å². The number of hydrogen-bond acceptors (Lipinski definition) is 4. The zero-order chi connectivity index (χ0) is 11.7. The molecule has 1 unspecified atom stereocenters. The SMILES string of the molecule is NC1CCc2cc(OCc3nccs3)ccc21. The van der Waals surface area contributed by atoms with Gasteiger partial charge in [0, 0.05) is 17.6 Å². The van der Waals surface area contributed by atoms with Crippen LogP contribution in [-0.2, 0) is 13.0 Å². The number of aryl methyl sites for hydroxylation is 1. The number of nitrogens with zero attached hydrogens (tertiary/aromatic N) is 1. The van der Waals surface area contributed by atoms with Gasteiger partial charge in [-0.25, -0.2) is 4.98 Å². The van der Waals surface area contributed by atoms with Gasteiger partial charge >= 0.3 is 0 Å². The van der Waals surface area contributed by atoms with Crippen LogP contribution in [0, 0.1) is 0 Å². The van der Waals surface area contributed by atoms with Gasteiger partial charge in [0.25, 0.3) is 0 Å². The van der Waals surface area contributed by atoms with E-state index in [0.717, 1.165) is 23.6 Å². The Labute approximate surface area is 104 Å². The molecule has 3 nitrogen and oxygen atoms in total. The summed E-state index contributed by atoms with van der Waals surface area (Å²) < 4.78 is 5.72. The second-order valence-corrected chi connectivity index (χ2v) is 5.20. The van der Waals surface area contributed by atoms with Crippen molar-refractivity contribution in [3.05, 3.63) is 45.9 Å². The predicted octanol–water partition coefficient (Wildman–Crippen LogP) is 2.67. The highest BCUT2D eigenvalue weighted by molar-refractivity contribution is 7.09. The number of aromatic nitrogens is 1. The standard InChI is InChI=1S/C13H14N2OS/c14-12-4-1-9-7-10(2-3-11(9)12)16-8-13-15-5-6-17-13/h2-3,5-7,12H,1,4,8,14H2. The number of hydrogen-bond donors (Lipinski definition) is 1. The van der Waals surface area contributed by atoms with Crippen LogP contribution in [0.4, 0.5) is 0 Å². The molecule has 0 fully saturated rings. The Morgan fingerprint density at radius 2 is 2.41 bits per heavy atom. The summed E-state index contributed by atoms with van der Waals surface area (Å²) in [6.07, 6.45) is 3.90. The smallest absolute Gasteiger partial charge is 0.140 e. The van der Waals surface area contributed by atoms with Crippen LogP contribution < -0.4 is 10.5 Å². The lowest BCUT2D eigenvalue weighted by Gasteiger charge is -2.08. The maximum absolute atomic E-state index is 6.00. The normalized spacial score (nSPS) is 18.1. The Kier molecular flexibility index (Phi) is 2.82. The van der Waals surface area contributed by atoms with Crippen LogP contribution in [0.1, 0.15) is 28.6 Å². The molecule has 0 saturated carbocycles. The molecule has 1 aromatic heterocycles. The minimum Gasteiger partial charge on any atom is -0.486 e. The fraction of sp³-hybridized carbons (Fsp3) is 0.308. The molecule has 0 aliphatic heterocycles. The molecule has 0 amide bonds. The van der Waals surface area contributed by atoms with Crippen LogP contribution in [0.15, 0.2) is 29.8 Å². The highest BCUT2D eigenvalue weighted by atomic mass is 32.1. The third-order valence-electron chi connectivity index (χ3n) is 3.08. The minimum atomic E-state index is 0.206. The lowest BCUT2D eigenvalue weighted by atomic mass is 10.1. The summed E-state index contributed by atoms with van der Waals surface area (Å²) in [5, 5.41) is 2.96. The van der Waals surface area contributed by atoms with Gasteiger partial charge in [-0.3, -0.25) is 0 Å². The first-order valence-corrected chi connectivity index (χ1v) is 6.60. The highest BCUT2D eigenvalue weighted by Gasteiger charge is 2.19. The molecule has 1 aliphatic rings. The summed E-state index contributed by atoms with van der Waals surface area (Å²) >= 11 is 1.61. The summed E-state index contributed by atoms with van der Waals surface area (Å²) in [6, 6.07) is 6.40. The monoisotopic (exact) mass is 246 g/mol. The van der Waals surface area contributed by atoms with Crippen LogP contribution in [0.25, 0.3) is 0 Å². The van der Waals surface area contributed by atoms with Crippen molar-refractivity contribution in [3.8, 4) is 5.75 Å². The summed E-state index contributed by atoms with van der Waals surface area (Å²) in [5.74, 6) is 0.910. The number of rotatable bonds is 3. The van der Waals surface area contributed by atoms with Crippen LogP contribution in [0.3, 0.4) is 0 Å². The van der Waals surface area contributed by atoms with Crippen molar-refractivity contribution in [2.75, 3.05) is 0 Å². The Bertz CT molecular complexity index is 510. The molecule has 2 aromatic rings. The molecule has 3 rings (SSSR count). The summed E-state index contributed by atoms with van der Waals surface area (Å²) in [6.45, 7) is 0.544. The number of thiazole rings is 1. The zero-order valence-electron chi connectivity index (χ0n) is 9.43. The molecule has 1 atom stereocenters.